The van der Waals surface area contributed by atoms with Crippen LogP contribution in [0.25, 0.3) is 0 Å². The first kappa shape index (κ1) is 14.8. The van der Waals surface area contributed by atoms with Gasteiger partial charge in [0, 0.05) is 20.1 Å². The van der Waals surface area contributed by atoms with Gasteiger partial charge in [-0.3, -0.25) is 14.4 Å². The van der Waals surface area contributed by atoms with Gasteiger partial charge in [-0.2, -0.15) is 0 Å². The average molecular weight is 282 g/mol. The molecule has 0 aromatic carbocycles. The van der Waals surface area contributed by atoms with E-state index in [4.69, 9.17) is 5.11 Å². The fraction of sp³-hybridized carbons (Fsp3) is 0.786. The molecule has 0 aromatic heterocycles. The molecule has 0 spiro atoms. The molecule has 2 aliphatic rings. The minimum atomic E-state index is -0.915. The summed E-state index contributed by atoms with van der Waals surface area (Å²) in [7, 11) is 1.59. The van der Waals surface area contributed by atoms with Gasteiger partial charge in [-0.15, -0.1) is 0 Å². The predicted octanol–water partition coefficient (Wildman–Crippen LogP) is 0.328. The van der Waals surface area contributed by atoms with Crippen LogP contribution in [0.5, 0.6) is 0 Å². The van der Waals surface area contributed by atoms with Gasteiger partial charge in [-0.1, -0.05) is 13.8 Å². The number of aliphatic carboxylic acids is 1. The highest BCUT2D eigenvalue weighted by Gasteiger charge is 2.67. The first-order valence-electron chi connectivity index (χ1n) is 6.89. The fourth-order valence-electron chi connectivity index (χ4n) is 3.39. The topological polar surface area (TPSA) is 86.7 Å². The van der Waals surface area contributed by atoms with Crippen LogP contribution in [0.3, 0.4) is 0 Å². The molecule has 2 fully saturated rings. The van der Waals surface area contributed by atoms with Gasteiger partial charge >= 0.3 is 5.97 Å². The van der Waals surface area contributed by atoms with Crippen LogP contribution < -0.4 is 5.32 Å². The zero-order valence-electron chi connectivity index (χ0n) is 12.4. The third kappa shape index (κ3) is 2.07. The number of carboxylic acid groups (broad SMARTS) is 1. The Labute approximate surface area is 118 Å². The molecule has 2 amide bonds. The lowest BCUT2D eigenvalue weighted by atomic mass is 9.89. The summed E-state index contributed by atoms with van der Waals surface area (Å²) < 4.78 is 0. The molecule has 3 atom stereocenters. The molecular formula is C14H22N2O4. The smallest absolute Gasteiger partial charge is 0.307 e. The molecule has 1 saturated heterocycles. The molecule has 1 aliphatic heterocycles. The third-order valence-corrected chi connectivity index (χ3v) is 4.92. The normalized spacial score (nSPS) is 34.7. The highest BCUT2D eigenvalue weighted by molar-refractivity contribution is 5.92. The molecule has 112 valence electrons. The number of rotatable bonds is 3. The van der Waals surface area contributed by atoms with E-state index in [1.165, 1.54) is 0 Å². The van der Waals surface area contributed by atoms with E-state index >= 15 is 0 Å². The van der Waals surface area contributed by atoms with Crippen LogP contribution in [0.4, 0.5) is 0 Å². The summed E-state index contributed by atoms with van der Waals surface area (Å²) in [5.74, 6) is -2.19. The SMILES string of the molecule is CNC(=O)C1(C)CCN(C(=O)[C@H]2[C@@H](C(=O)O)C2(C)C)C1. The second kappa shape index (κ2) is 4.46. The number of nitrogens with zero attached hydrogens (tertiary/aromatic N) is 1. The van der Waals surface area contributed by atoms with Gasteiger partial charge in [0.05, 0.1) is 17.3 Å². The highest BCUT2D eigenvalue weighted by atomic mass is 16.4. The molecule has 2 rings (SSSR count). The summed E-state index contributed by atoms with van der Waals surface area (Å²) in [5.41, 5.74) is -1.06. The maximum atomic E-state index is 12.5. The van der Waals surface area contributed by atoms with E-state index < -0.39 is 28.6 Å². The largest absolute Gasteiger partial charge is 0.481 e. The van der Waals surface area contributed by atoms with Gasteiger partial charge < -0.3 is 15.3 Å². The zero-order chi connectivity index (χ0) is 15.3. The van der Waals surface area contributed by atoms with Crippen LogP contribution in [0.2, 0.25) is 0 Å². The van der Waals surface area contributed by atoms with Crippen molar-refractivity contribution in [1.29, 1.82) is 0 Å². The van der Waals surface area contributed by atoms with Crippen molar-refractivity contribution < 1.29 is 19.5 Å². The molecule has 1 saturated carbocycles. The molecule has 6 heteroatoms. The summed E-state index contributed by atoms with van der Waals surface area (Å²) in [6.45, 7) is 6.34. The van der Waals surface area contributed by atoms with Crippen LogP contribution in [0, 0.1) is 22.7 Å². The second-order valence-corrected chi connectivity index (χ2v) is 6.76. The predicted molar refractivity (Wildman–Crippen MR) is 71.8 cm³/mol. The van der Waals surface area contributed by atoms with Crippen LogP contribution in [-0.4, -0.2) is 47.9 Å². The van der Waals surface area contributed by atoms with Crippen molar-refractivity contribution >= 4 is 17.8 Å². The maximum absolute atomic E-state index is 12.5. The number of amides is 2. The first-order valence-corrected chi connectivity index (χ1v) is 6.89. The van der Waals surface area contributed by atoms with Gasteiger partial charge in [0.2, 0.25) is 11.8 Å². The van der Waals surface area contributed by atoms with Gasteiger partial charge in [0.25, 0.3) is 0 Å². The van der Waals surface area contributed by atoms with Gasteiger partial charge in [0.15, 0.2) is 0 Å². The quantitative estimate of drug-likeness (QED) is 0.781. The Kier molecular flexibility index (Phi) is 3.31. The van der Waals surface area contributed by atoms with Gasteiger partial charge in [-0.05, 0) is 18.8 Å². The Hall–Kier alpha value is -1.59. The first-order chi connectivity index (χ1) is 9.15. The molecule has 0 aromatic rings. The molecule has 1 heterocycles. The van der Waals surface area contributed by atoms with Crippen LogP contribution in [-0.2, 0) is 14.4 Å². The number of hydrogen-bond donors (Lipinski definition) is 2. The molecule has 2 N–H and O–H groups in total. The third-order valence-electron chi connectivity index (χ3n) is 4.92. The number of nitrogens with one attached hydrogen (secondary N) is 1. The molecule has 1 aliphatic carbocycles. The van der Waals surface area contributed by atoms with Crippen molar-refractivity contribution in [2.24, 2.45) is 22.7 Å². The lowest BCUT2D eigenvalue weighted by Crippen LogP contribution is -2.41. The molecular weight excluding hydrogens is 260 g/mol. The number of hydrogen-bond acceptors (Lipinski definition) is 3. The van der Waals surface area contributed by atoms with E-state index in [0.29, 0.717) is 19.5 Å². The summed E-state index contributed by atoms with van der Waals surface area (Å²) in [4.78, 5) is 37.1. The molecule has 0 radical (unpaired) electrons. The number of carboxylic acids is 1. The second-order valence-electron chi connectivity index (χ2n) is 6.76. The van der Waals surface area contributed by atoms with E-state index in [1.54, 1.807) is 11.9 Å². The van der Waals surface area contributed by atoms with E-state index in [-0.39, 0.29) is 11.8 Å². The van der Waals surface area contributed by atoms with Crippen molar-refractivity contribution in [3.63, 3.8) is 0 Å². The van der Waals surface area contributed by atoms with Crippen LogP contribution in [0.1, 0.15) is 27.2 Å². The van der Waals surface area contributed by atoms with E-state index in [2.05, 4.69) is 5.32 Å². The Morgan fingerprint density at radius 3 is 2.25 bits per heavy atom. The zero-order valence-corrected chi connectivity index (χ0v) is 12.4. The Bertz CT molecular complexity index is 474. The van der Waals surface area contributed by atoms with Crippen molar-refractivity contribution in [3.05, 3.63) is 0 Å². The van der Waals surface area contributed by atoms with E-state index in [0.717, 1.165) is 0 Å². The van der Waals surface area contributed by atoms with Crippen LogP contribution >= 0.6 is 0 Å². The summed E-state index contributed by atoms with van der Waals surface area (Å²) in [6, 6.07) is 0. The number of likely N-dealkylation sites (tertiary alicyclic amines) is 1. The van der Waals surface area contributed by atoms with E-state index in [9.17, 15) is 14.4 Å². The van der Waals surface area contributed by atoms with Crippen molar-refractivity contribution in [2.75, 3.05) is 20.1 Å². The highest BCUT2D eigenvalue weighted by Crippen LogP contribution is 2.59. The molecule has 6 nitrogen and oxygen atoms in total. The monoisotopic (exact) mass is 282 g/mol. The number of carbonyl (C=O) groups excluding carboxylic acids is 2. The lowest BCUT2D eigenvalue weighted by Gasteiger charge is -2.23. The molecule has 20 heavy (non-hydrogen) atoms. The number of carbonyl (C=O) groups is 3. The minimum Gasteiger partial charge on any atom is -0.481 e. The Morgan fingerprint density at radius 2 is 1.80 bits per heavy atom. The lowest BCUT2D eigenvalue weighted by molar-refractivity contribution is -0.142. The Balaban J connectivity index is 2.07. The van der Waals surface area contributed by atoms with Gasteiger partial charge in [0.1, 0.15) is 0 Å². The summed E-state index contributed by atoms with van der Waals surface area (Å²) in [6.07, 6.45) is 0.614. The fourth-order valence-corrected chi connectivity index (χ4v) is 3.39. The van der Waals surface area contributed by atoms with Gasteiger partial charge in [-0.25, -0.2) is 0 Å². The molecule has 1 unspecified atom stereocenters. The van der Waals surface area contributed by atoms with E-state index in [1.807, 2.05) is 20.8 Å². The van der Waals surface area contributed by atoms with Crippen molar-refractivity contribution in [2.45, 2.75) is 27.2 Å². The summed E-state index contributed by atoms with van der Waals surface area (Å²) in [5, 5.41) is 11.8. The maximum Gasteiger partial charge on any atom is 0.307 e. The van der Waals surface area contributed by atoms with Crippen molar-refractivity contribution in [1.82, 2.24) is 10.2 Å². The standard InChI is InChI=1S/C14H22N2O4/c1-13(2)8(9(13)11(18)19)10(17)16-6-5-14(3,7-16)12(20)15-4/h8-9H,5-7H2,1-4H3,(H,15,20)(H,18,19)/t8-,9+,14?/m1/s1. The van der Waals surface area contributed by atoms with Crippen molar-refractivity contribution in [3.8, 4) is 0 Å². The Morgan fingerprint density at radius 1 is 1.20 bits per heavy atom. The average Bonchev–Trinajstić information content (AvgIpc) is 2.74. The molecule has 0 bridgehead atoms. The minimum absolute atomic E-state index is 0.0716. The van der Waals surface area contributed by atoms with Crippen LogP contribution in [0.15, 0.2) is 0 Å². The summed E-state index contributed by atoms with van der Waals surface area (Å²) >= 11 is 0.